The number of unbranched alkanes of at least 4 members (excludes halogenated alkanes) is 2. The molecule has 0 N–H and O–H groups in total. The molecule has 2 nitrogen and oxygen atoms in total. The molecular formula is C21H24O2. The van der Waals surface area contributed by atoms with E-state index in [4.69, 9.17) is 4.74 Å². The van der Waals surface area contributed by atoms with Crippen LogP contribution in [0.1, 0.15) is 38.7 Å². The van der Waals surface area contributed by atoms with Gasteiger partial charge in [0.15, 0.2) is 5.78 Å². The molecule has 0 aliphatic carbocycles. The van der Waals surface area contributed by atoms with E-state index in [-0.39, 0.29) is 5.78 Å². The third-order valence-electron chi connectivity index (χ3n) is 3.63. The lowest BCUT2D eigenvalue weighted by atomic mass is 10.0. The minimum absolute atomic E-state index is 0.0589. The van der Waals surface area contributed by atoms with Crippen LogP contribution in [-0.2, 0) is 4.79 Å². The summed E-state index contributed by atoms with van der Waals surface area (Å²) in [4.78, 5) is 11.0. The Bertz CT molecular complexity index is 637. The molecule has 0 heterocycles. The summed E-state index contributed by atoms with van der Waals surface area (Å²) >= 11 is 0. The van der Waals surface area contributed by atoms with Gasteiger partial charge in [-0.2, -0.15) is 0 Å². The van der Waals surface area contributed by atoms with E-state index in [0.29, 0.717) is 0 Å². The highest BCUT2D eigenvalue weighted by Gasteiger charge is 1.99. The molecule has 2 rings (SSSR count). The maximum atomic E-state index is 11.0. The SMILES string of the molecule is CCCCCOc1ccc(-c2ccc(/C=C/C(C)=O)cc2)cc1. The zero-order valence-corrected chi connectivity index (χ0v) is 13.9. The summed E-state index contributed by atoms with van der Waals surface area (Å²) in [6, 6.07) is 16.4. The first kappa shape index (κ1) is 17.0. The van der Waals surface area contributed by atoms with E-state index in [1.165, 1.54) is 12.8 Å². The first-order valence-electron chi connectivity index (χ1n) is 8.21. The predicted octanol–water partition coefficient (Wildman–Crippen LogP) is 5.52. The van der Waals surface area contributed by atoms with Crippen molar-refractivity contribution in [2.75, 3.05) is 6.61 Å². The van der Waals surface area contributed by atoms with Gasteiger partial charge >= 0.3 is 0 Å². The molecule has 2 aromatic carbocycles. The van der Waals surface area contributed by atoms with Gasteiger partial charge in [-0.3, -0.25) is 4.79 Å². The third-order valence-corrected chi connectivity index (χ3v) is 3.63. The number of hydrogen-bond donors (Lipinski definition) is 0. The molecule has 0 unspecified atom stereocenters. The highest BCUT2D eigenvalue weighted by atomic mass is 16.5. The summed E-state index contributed by atoms with van der Waals surface area (Å²) in [5.41, 5.74) is 3.34. The first-order valence-corrected chi connectivity index (χ1v) is 8.21. The quantitative estimate of drug-likeness (QED) is 0.474. The number of ketones is 1. The summed E-state index contributed by atoms with van der Waals surface area (Å²) in [6.07, 6.45) is 6.94. The second kappa shape index (κ2) is 8.94. The summed E-state index contributed by atoms with van der Waals surface area (Å²) in [7, 11) is 0. The number of carbonyl (C=O) groups excluding carboxylic acids is 1. The van der Waals surface area contributed by atoms with Crippen LogP contribution >= 0.6 is 0 Å². The monoisotopic (exact) mass is 308 g/mol. The minimum atomic E-state index is 0.0589. The molecule has 0 fully saturated rings. The van der Waals surface area contributed by atoms with E-state index in [1.807, 2.05) is 30.3 Å². The number of benzene rings is 2. The molecule has 0 saturated heterocycles. The lowest BCUT2D eigenvalue weighted by Crippen LogP contribution is -1.96. The Hall–Kier alpha value is -2.35. The van der Waals surface area contributed by atoms with Gasteiger partial charge in [0.1, 0.15) is 5.75 Å². The second-order valence-electron chi connectivity index (χ2n) is 5.65. The number of carbonyl (C=O) groups is 1. The van der Waals surface area contributed by atoms with Gasteiger partial charge in [0, 0.05) is 0 Å². The van der Waals surface area contributed by atoms with Crippen LogP contribution in [0.5, 0.6) is 5.75 Å². The van der Waals surface area contributed by atoms with Crippen molar-refractivity contribution in [3.05, 3.63) is 60.2 Å². The number of ether oxygens (including phenoxy) is 1. The Labute approximate surface area is 138 Å². The van der Waals surface area contributed by atoms with Crippen molar-refractivity contribution < 1.29 is 9.53 Å². The normalized spacial score (nSPS) is 10.9. The van der Waals surface area contributed by atoms with Crippen molar-refractivity contribution in [2.45, 2.75) is 33.1 Å². The topological polar surface area (TPSA) is 26.3 Å². The standard InChI is InChI=1S/C21H24O2/c1-3-4-5-16-23-21-14-12-20(13-15-21)19-10-8-18(9-11-19)7-6-17(2)22/h6-15H,3-5,16H2,1-2H3/b7-6+. The van der Waals surface area contributed by atoms with Crippen LogP contribution in [0.25, 0.3) is 17.2 Å². The van der Waals surface area contributed by atoms with E-state index in [2.05, 4.69) is 31.2 Å². The summed E-state index contributed by atoms with van der Waals surface area (Å²) in [5.74, 6) is 0.981. The molecule has 0 radical (unpaired) electrons. The number of hydrogen-bond acceptors (Lipinski definition) is 2. The Balaban J connectivity index is 1.97. The molecule has 0 aliphatic rings. The van der Waals surface area contributed by atoms with E-state index >= 15 is 0 Å². The van der Waals surface area contributed by atoms with Crippen molar-refractivity contribution in [3.63, 3.8) is 0 Å². The lowest BCUT2D eigenvalue weighted by molar-refractivity contribution is -0.112. The molecule has 0 aromatic heterocycles. The smallest absolute Gasteiger partial charge is 0.152 e. The van der Waals surface area contributed by atoms with Crippen LogP contribution in [0, 0.1) is 0 Å². The maximum Gasteiger partial charge on any atom is 0.152 e. The van der Waals surface area contributed by atoms with Gasteiger partial charge in [0.05, 0.1) is 6.61 Å². The van der Waals surface area contributed by atoms with Crippen molar-refractivity contribution in [1.29, 1.82) is 0 Å². The molecule has 0 aliphatic heterocycles. The average molecular weight is 308 g/mol. The predicted molar refractivity (Wildman–Crippen MR) is 96.6 cm³/mol. The van der Waals surface area contributed by atoms with Crippen LogP contribution < -0.4 is 4.74 Å². The van der Waals surface area contributed by atoms with Crippen LogP contribution in [0.3, 0.4) is 0 Å². The number of rotatable bonds is 8. The van der Waals surface area contributed by atoms with Gasteiger partial charge in [0.2, 0.25) is 0 Å². The highest BCUT2D eigenvalue weighted by Crippen LogP contribution is 2.23. The van der Waals surface area contributed by atoms with Gasteiger partial charge in [-0.05, 0) is 48.2 Å². The van der Waals surface area contributed by atoms with Gasteiger partial charge in [-0.25, -0.2) is 0 Å². The van der Waals surface area contributed by atoms with Crippen LogP contribution in [0.4, 0.5) is 0 Å². The number of allylic oxidation sites excluding steroid dienone is 1. The zero-order valence-electron chi connectivity index (χ0n) is 13.9. The summed E-state index contributed by atoms with van der Waals surface area (Å²) in [6.45, 7) is 4.52. The molecule has 2 heteroatoms. The van der Waals surface area contributed by atoms with Gasteiger partial charge in [-0.15, -0.1) is 0 Å². The van der Waals surface area contributed by atoms with Crippen molar-refractivity contribution in [1.82, 2.24) is 0 Å². The van der Waals surface area contributed by atoms with Crippen LogP contribution in [0.15, 0.2) is 54.6 Å². The molecule has 2 aromatic rings. The molecular weight excluding hydrogens is 284 g/mol. The minimum Gasteiger partial charge on any atom is -0.494 e. The molecule has 0 amide bonds. The lowest BCUT2D eigenvalue weighted by Gasteiger charge is -2.07. The average Bonchev–Trinajstić information content (AvgIpc) is 2.58. The Morgan fingerprint density at radius 1 is 0.957 bits per heavy atom. The fourth-order valence-electron chi connectivity index (χ4n) is 2.29. The van der Waals surface area contributed by atoms with Crippen molar-refractivity contribution in [2.24, 2.45) is 0 Å². The third kappa shape index (κ3) is 5.74. The molecule has 0 saturated carbocycles. The van der Waals surface area contributed by atoms with E-state index in [0.717, 1.165) is 35.5 Å². The molecule has 0 spiro atoms. The molecule has 0 bridgehead atoms. The summed E-state index contributed by atoms with van der Waals surface area (Å²) < 4.78 is 5.73. The second-order valence-corrected chi connectivity index (χ2v) is 5.65. The maximum absolute atomic E-state index is 11.0. The van der Waals surface area contributed by atoms with Crippen LogP contribution in [-0.4, -0.2) is 12.4 Å². The zero-order chi connectivity index (χ0) is 16.5. The molecule has 0 atom stereocenters. The van der Waals surface area contributed by atoms with Crippen molar-refractivity contribution in [3.8, 4) is 16.9 Å². The Morgan fingerprint density at radius 2 is 1.57 bits per heavy atom. The van der Waals surface area contributed by atoms with Gasteiger partial charge in [-0.1, -0.05) is 62.2 Å². The van der Waals surface area contributed by atoms with E-state index in [1.54, 1.807) is 13.0 Å². The fraction of sp³-hybridized carbons (Fsp3) is 0.286. The largest absolute Gasteiger partial charge is 0.494 e. The van der Waals surface area contributed by atoms with E-state index in [9.17, 15) is 4.79 Å². The first-order chi connectivity index (χ1) is 11.2. The summed E-state index contributed by atoms with van der Waals surface area (Å²) in [5, 5.41) is 0. The van der Waals surface area contributed by atoms with E-state index < -0.39 is 0 Å². The Kier molecular flexibility index (Phi) is 6.61. The Morgan fingerprint density at radius 3 is 2.13 bits per heavy atom. The highest BCUT2D eigenvalue weighted by molar-refractivity contribution is 5.91. The molecule has 23 heavy (non-hydrogen) atoms. The molecule has 120 valence electrons. The fourth-order valence-corrected chi connectivity index (χ4v) is 2.29. The van der Waals surface area contributed by atoms with Crippen LogP contribution in [0.2, 0.25) is 0 Å². The van der Waals surface area contributed by atoms with Gasteiger partial charge < -0.3 is 4.74 Å². The van der Waals surface area contributed by atoms with Gasteiger partial charge in [0.25, 0.3) is 0 Å². The van der Waals surface area contributed by atoms with Crippen molar-refractivity contribution >= 4 is 11.9 Å².